The third-order valence-corrected chi connectivity index (χ3v) is 4.32. The summed E-state index contributed by atoms with van der Waals surface area (Å²) in [5, 5.41) is 6.92. The van der Waals surface area contributed by atoms with E-state index in [4.69, 9.17) is 4.98 Å². The number of aryl methyl sites for hydroxylation is 1. The van der Waals surface area contributed by atoms with Crippen LogP contribution in [0.1, 0.15) is 11.4 Å². The Labute approximate surface area is 162 Å². The first-order valence-electron chi connectivity index (χ1n) is 9.00. The second-order valence-corrected chi connectivity index (χ2v) is 6.47. The monoisotopic (exact) mass is 372 g/mol. The van der Waals surface area contributed by atoms with Crippen molar-refractivity contribution in [1.82, 2.24) is 30.0 Å². The number of benzene rings is 1. The molecule has 140 valence electrons. The van der Waals surface area contributed by atoms with Crippen molar-refractivity contribution in [3.8, 4) is 22.6 Å². The fourth-order valence-corrected chi connectivity index (χ4v) is 2.90. The van der Waals surface area contributed by atoms with Crippen molar-refractivity contribution < 1.29 is 4.79 Å². The molecule has 0 atom stereocenters. The molecule has 0 fully saturated rings. The van der Waals surface area contributed by atoms with E-state index < -0.39 is 0 Å². The molecule has 7 nitrogen and oxygen atoms in total. The molecule has 0 bridgehead atoms. The lowest BCUT2D eigenvalue weighted by Crippen LogP contribution is -2.27. The van der Waals surface area contributed by atoms with Gasteiger partial charge in [-0.2, -0.15) is 5.10 Å². The van der Waals surface area contributed by atoms with Crippen LogP contribution < -0.4 is 5.32 Å². The smallest absolute Gasteiger partial charge is 0.242 e. The van der Waals surface area contributed by atoms with Gasteiger partial charge in [0.2, 0.25) is 5.91 Å². The number of carbonyl (C=O) groups is 1. The molecule has 0 spiro atoms. The molecule has 4 rings (SSSR count). The van der Waals surface area contributed by atoms with E-state index in [9.17, 15) is 4.79 Å². The van der Waals surface area contributed by atoms with Crippen molar-refractivity contribution in [1.29, 1.82) is 0 Å². The SMILES string of the molecule is Cc1ccc(-c2nc(CNC(=O)Cn3cccn3)[nH]c2-c2ccccn2)cc1. The maximum absolute atomic E-state index is 12.1. The number of pyridine rings is 1. The number of imidazole rings is 1. The summed E-state index contributed by atoms with van der Waals surface area (Å²) >= 11 is 0. The van der Waals surface area contributed by atoms with E-state index in [2.05, 4.69) is 39.4 Å². The van der Waals surface area contributed by atoms with Crippen LogP contribution in [0.15, 0.2) is 67.1 Å². The topological polar surface area (TPSA) is 88.5 Å². The van der Waals surface area contributed by atoms with Gasteiger partial charge in [-0.1, -0.05) is 35.9 Å². The first-order chi connectivity index (χ1) is 13.7. The van der Waals surface area contributed by atoms with Crippen molar-refractivity contribution >= 4 is 5.91 Å². The largest absolute Gasteiger partial charge is 0.347 e. The highest BCUT2D eigenvalue weighted by Gasteiger charge is 2.15. The predicted molar refractivity (Wildman–Crippen MR) is 106 cm³/mol. The minimum Gasteiger partial charge on any atom is -0.347 e. The Kier molecular flexibility index (Phi) is 4.97. The minimum atomic E-state index is -0.128. The molecule has 0 unspecified atom stereocenters. The zero-order valence-electron chi connectivity index (χ0n) is 15.5. The molecule has 0 aliphatic heterocycles. The Hall–Kier alpha value is -3.74. The third kappa shape index (κ3) is 3.98. The van der Waals surface area contributed by atoms with Gasteiger partial charge in [-0.15, -0.1) is 0 Å². The average Bonchev–Trinajstić information content (AvgIpc) is 3.38. The molecule has 3 aromatic heterocycles. The summed E-state index contributed by atoms with van der Waals surface area (Å²) in [7, 11) is 0. The number of hydrogen-bond donors (Lipinski definition) is 2. The van der Waals surface area contributed by atoms with Gasteiger partial charge in [0.1, 0.15) is 12.4 Å². The van der Waals surface area contributed by atoms with Gasteiger partial charge in [0.05, 0.1) is 23.6 Å². The van der Waals surface area contributed by atoms with Crippen LogP contribution in [0.2, 0.25) is 0 Å². The standard InChI is InChI=1S/C21H20N6O/c1-15-6-8-16(9-7-15)20-21(17-5-2-3-10-22-17)26-18(25-20)13-23-19(28)14-27-12-4-11-24-27/h2-12H,13-14H2,1H3,(H,23,28)(H,25,26). The molecule has 0 saturated heterocycles. The van der Waals surface area contributed by atoms with Gasteiger partial charge in [0.25, 0.3) is 0 Å². The second kappa shape index (κ2) is 7.87. The predicted octanol–water partition coefficient (Wildman–Crippen LogP) is 2.96. The van der Waals surface area contributed by atoms with Crippen LogP contribution in [0, 0.1) is 6.92 Å². The number of nitrogens with one attached hydrogen (secondary N) is 2. The van der Waals surface area contributed by atoms with Crippen LogP contribution in [0.25, 0.3) is 22.6 Å². The molecule has 28 heavy (non-hydrogen) atoms. The lowest BCUT2D eigenvalue weighted by atomic mass is 10.1. The molecule has 3 heterocycles. The van der Waals surface area contributed by atoms with Crippen LogP contribution in [0.4, 0.5) is 0 Å². The lowest BCUT2D eigenvalue weighted by Gasteiger charge is -2.03. The van der Waals surface area contributed by atoms with Gasteiger partial charge in [-0.05, 0) is 25.1 Å². The Bertz CT molecular complexity index is 1050. The zero-order valence-corrected chi connectivity index (χ0v) is 15.5. The zero-order chi connectivity index (χ0) is 19.3. The van der Waals surface area contributed by atoms with Crippen molar-refractivity contribution in [2.24, 2.45) is 0 Å². The van der Waals surface area contributed by atoms with E-state index in [1.54, 1.807) is 29.3 Å². The number of amides is 1. The summed E-state index contributed by atoms with van der Waals surface area (Å²) in [6, 6.07) is 15.7. The van der Waals surface area contributed by atoms with E-state index in [0.29, 0.717) is 12.4 Å². The maximum Gasteiger partial charge on any atom is 0.242 e. The van der Waals surface area contributed by atoms with Crippen molar-refractivity contribution in [3.63, 3.8) is 0 Å². The molecular formula is C21H20N6O. The quantitative estimate of drug-likeness (QED) is 0.545. The Morgan fingerprint density at radius 1 is 1.11 bits per heavy atom. The molecule has 1 aromatic carbocycles. The van der Waals surface area contributed by atoms with Gasteiger partial charge in [-0.25, -0.2) is 4.98 Å². The number of H-pyrrole nitrogens is 1. The minimum absolute atomic E-state index is 0.128. The molecule has 4 aromatic rings. The molecule has 0 aliphatic carbocycles. The van der Waals surface area contributed by atoms with Crippen molar-refractivity contribution in [2.75, 3.05) is 0 Å². The maximum atomic E-state index is 12.1. The normalized spacial score (nSPS) is 10.8. The highest BCUT2D eigenvalue weighted by atomic mass is 16.2. The molecule has 2 N–H and O–H groups in total. The average molecular weight is 372 g/mol. The second-order valence-electron chi connectivity index (χ2n) is 6.47. The van der Waals surface area contributed by atoms with Gasteiger partial charge in [0, 0.05) is 24.2 Å². The molecule has 0 radical (unpaired) electrons. The number of aromatic amines is 1. The fourth-order valence-electron chi connectivity index (χ4n) is 2.90. The van der Waals surface area contributed by atoms with Crippen molar-refractivity contribution in [3.05, 3.63) is 78.5 Å². The van der Waals surface area contributed by atoms with E-state index in [1.807, 2.05) is 30.3 Å². The number of carbonyl (C=O) groups excluding carboxylic acids is 1. The highest BCUT2D eigenvalue weighted by molar-refractivity contribution is 5.77. The van der Waals surface area contributed by atoms with Crippen LogP contribution in [0.5, 0.6) is 0 Å². The van der Waals surface area contributed by atoms with Crippen molar-refractivity contribution in [2.45, 2.75) is 20.0 Å². The summed E-state index contributed by atoms with van der Waals surface area (Å²) in [5.74, 6) is 0.543. The van der Waals surface area contributed by atoms with Crippen LogP contribution in [-0.4, -0.2) is 30.6 Å². The summed E-state index contributed by atoms with van der Waals surface area (Å²) in [4.78, 5) is 24.6. The molecule has 1 amide bonds. The summed E-state index contributed by atoms with van der Waals surface area (Å²) in [6.07, 6.45) is 5.15. The van der Waals surface area contributed by atoms with Crippen LogP contribution in [0.3, 0.4) is 0 Å². The summed E-state index contributed by atoms with van der Waals surface area (Å²) in [6.45, 7) is 2.52. The van der Waals surface area contributed by atoms with E-state index in [-0.39, 0.29) is 12.5 Å². The number of rotatable bonds is 6. The van der Waals surface area contributed by atoms with Gasteiger partial charge in [0.15, 0.2) is 0 Å². The molecular weight excluding hydrogens is 352 g/mol. The first kappa shape index (κ1) is 17.7. The van der Waals surface area contributed by atoms with Crippen LogP contribution in [-0.2, 0) is 17.9 Å². The Balaban J connectivity index is 1.58. The van der Waals surface area contributed by atoms with Gasteiger partial charge < -0.3 is 10.3 Å². The first-order valence-corrected chi connectivity index (χ1v) is 9.00. The number of nitrogens with zero attached hydrogens (tertiary/aromatic N) is 4. The molecule has 0 saturated carbocycles. The Morgan fingerprint density at radius 2 is 1.96 bits per heavy atom. The van der Waals surface area contributed by atoms with E-state index >= 15 is 0 Å². The van der Waals surface area contributed by atoms with Gasteiger partial charge in [-0.3, -0.25) is 14.5 Å². The fraction of sp³-hybridized carbons (Fsp3) is 0.143. The highest BCUT2D eigenvalue weighted by Crippen LogP contribution is 2.29. The van der Waals surface area contributed by atoms with E-state index in [0.717, 1.165) is 22.6 Å². The molecule has 7 heteroatoms. The Morgan fingerprint density at radius 3 is 2.68 bits per heavy atom. The summed E-state index contributed by atoms with van der Waals surface area (Å²) in [5.41, 5.74) is 4.64. The molecule has 0 aliphatic rings. The number of aromatic nitrogens is 5. The summed E-state index contributed by atoms with van der Waals surface area (Å²) < 4.78 is 1.58. The van der Waals surface area contributed by atoms with E-state index in [1.165, 1.54) is 5.56 Å². The lowest BCUT2D eigenvalue weighted by molar-refractivity contribution is -0.122. The third-order valence-electron chi connectivity index (χ3n) is 4.32. The van der Waals surface area contributed by atoms with Crippen LogP contribution >= 0.6 is 0 Å². The van der Waals surface area contributed by atoms with Gasteiger partial charge >= 0.3 is 0 Å². The number of hydrogen-bond acceptors (Lipinski definition) is 4.